The van der Waals surface area contributed by atoms with Crippen LogP contribution in [-0.4, -0.2) is 5.11 Å². The van der Waals surface area contributed by atoms with E-state index in [1.54, 1.807) is 0 Å². The molecule has 0 fully saturated rings. The summed E-state index contributed by atoms with van der Waals surface area (Å²) >= 11 is 6.09. The van der Waals surface area contributed by atoms with E-state index in [0.29, 0.717) is 11.4 Å². The fraction of sp³-hybridized carbons (Fsp3) is 0.294. The Morgan fingerprint density at radius 3 is 2.47 bits per heavy atom. The summed E-state index contributed by atoms with van der Waals surface area (Å²) in [7, 11) is 0. The molecule has 0 aromatic heterocycles. The zero-order valence-corrected chi connectivity index (χ0v) is 12.1. The van der Waals surface area contributed by atoms with E-state index in [4.69, 9.17) is 11.6 Å². The van der Waals surface area contributed by atoms with Crippen LogP contribution in [0.15, 0.2) is 42.5 Å². The minimum Gasteiger partial charge on any atom is -0.388 e. The van der Waals surface area contributed by atoms with E-state index in [1.165, 1.54) is 11.1 Å². The maximum absolute atomic E-state index is 10.2. The van der Waals surface area contributed by atoms with E-state index in [1.807, 2.05) is 37.3 Å². The number of halogens is 1. The fourth-order valence-electron chi connectivity index (χ4n) is 2.17. The van der Waals surface area contributed by atoms with Crippen LogP contribution in [0.2, 0.25) is 5.02 Å². The molecule has 100 valence electrons. The van der Waals surface area contributed by atoms with E-state index in [0.717, 1.165) is 17.5 Å². The summed E-state index contributed by atoms with van der Waals surface area (Å²) in [5.41, 5.74) is 4.50. The molecule has 0 radical (unpaired) electrons. The Balaban J connectivity index is 2.03. The molecule has 0 aliphatic heterocycles. The Hall–Kier alpha value is -1.31. The Labute approximate surface area is 119 Å². The van der Waals surface area contributed by atoms with Crippen molar-refractivity contribution in [1.82, 2.24) is 0 Å². The van der Waals surface area contributed by atoms with Gasteiger partial charge >= 0.3 is 0 Å². The van der Waals surface area contributed by atoms with Crippen LogP contribution in [0.25, 0.3) is 0 Å². The SMILES string of the molecule is Cc1ccc(C(O)CCc2ccccc2C)cc1Cl. The summed E-state index contributed by atoms with van der Waals surface area (Å²) in [5.74, 6) is 0. The molecule has 0 aliphatic rings. The van der Waals surface area contributed by atoms with Crippen molar-refractivity contribution < 1.29 is 5.11 Å². The first-order chi connectivity index (χ1) is 9.08. The molecular weight excluding hydrogens is 256 g/mol. The second-order valence-corrected chi connectivity index (χ2v) is 5.40. The van der Waals surface area contributed by atoms with Crippen molar-refractivity contribution in [2.75, 3.05) is 0 Å². The van der Waals surface area contributed by atoms with Gasteiger partial charge in [0.05, 0.1) is 6.10 Å². The molecule has 1 N–H and O–H groups in total. The van der Waals surface area contributed by atoms with Gasteiger partial charge in [0, 0.05) is 5.02 Å². The van der Waals surface area contributed by atoms with Gasteiger partial charge in [-0.3, -0.25) is 0 Å². The molecule has 0 aliphatic carbocycles. The molecule has 0 heterocycles. The maximum Gasteiger partial charge on any atom is 0.0793 e. The summed E-state index contributed by atoms with van der Waals surface area (Å²) in [5, 5.41) is 10.9. The zero-order valence-electron chi connectivity index (χ0n) is 11.4. The van der Waals surface area contributed by atoms with Gasteiger partial charge in [-0.1, -0.05) is 48.0 Å². The molecule has 0 saturated heterocycles. The largest absolute Gasteiger partial charge is 0.388 e. The van der Waals surface area contributed by atoms with Crippen molar-refractivity contribution in [2.24, 2.45) is 0 Å². The summed E-state index contributed by atoms with van der Waals surface area (Å²) in [6.45, 7) is 4.07. The first-order valence-corrected chi connectivity index (χ1v) is 6.94. The van der Waals surface area contributed by atoms with Crippen LogP contribution in [0.4, 0.5) is 0 Å². The number of aliphatic hydroxyl groups is 1. The van der Waals surface area contributed by atoms with Crippen LogP contribution in [-0.2, 0) is 6.42 Å². The first-order valence-electron chi connectivity index (χ1n) is 6.56. The van der Waals surface area contributed by atoms with E-state index in [2.05, 4.69) is 19.1 Å². The minimum absolute atomic E-state index is 0.460. The average Bonchev–Trinajstić information content (AvgIpc) is 2.40. The minimum atomic E-state index is -0.460. The van der Waals surface area contributed by atoms with Crippen molar-refractivity contribution >= 4 is 11.6 Å². The van der Waals surface area contributed by atoms with Crippen LogP contribution in [0.3, 0.4) is 0 Å². The Morgan fingerprint density at radius 2 is 1.79 bits per heavy atom. The number of hydrogen-bond donors (Lipinski definition) is 1. The van der Waals surface area contributed by atoms with Crippen molar-refractivity contribution in [3.8, 4) is 0 Å². The van der Waals surface area contributed by atoms with Crippen molar-refractivity contribution in [2.45, 2.75) is 32.8 Å². The molecule has 2 aromatic carbocycles. The highest BCUT2D eigenvalue weighted by Crippen LogP contribution is 2.24. The second kappa shape index (κ2) is 6.23. The van der Waals surface area contributed by atoms with E-state index >= 15 is 0 Å². The number of hydrogen-bond acceptors (Lipinski definition) is 1. The molecule has 0 amide bonds. The van der Waals surface area contributed by atoms with Crippen molar-refractivity contribution in [3.63, 3.8) is 0 Å². The van der Waals surface area contributed by atoms with E-state index in [9.17, 15) is 5.11 Å². The normalized spacial score (nSPS) is 12.4. The van der Waals surface area contributed by atoms with Crippen LogP contribution < -0.4 is 0 Å². The predicted molar refractivity (Wildman–Crippen MR) is 80.6 cm³/mol. The number of aryl methyl sites for hydroxylation is 3. The van der Waals surface area contributed by atoms with Crippen LogP contribution in [0.5, 0.6) is 0 Å². The third-order valence-electron chi connectivity index (χ3n) is 3.53. The third-order valence-corrected chi connectivity index (χ3v) is 3.94. The lowest BCUT2D eigenvalue weighted by atomic mass is 9.98. The Kier molecular flexibility index (Phi) is 4.62. The lowest BCUT2D eigenvalue weighted by Gasteiger charge is -2.13. The fourth-order valence-corrected chi connectivity index (χ4v) is 2.35. The lowest BCUT2D eigenvalue weighted by molar-refractivity contribution is 0.168. The molecule has 0 bridgehead atoms. The van der Waals surface area contributed by atoms with Gasteiger partial charge in [0.25, 0.3) is 0 Å². The lowest BCUT2D eigenvalue weighted by Crippen LogP contribution is -2.01. The van der Waals surface area contributed by atoms with Crippen LogP contribution in [0.1, 0.15) is 34.8 Å². The maximum atomic E-state index is 10.2. The summed E-state index contributed by atoms with van der Waals surface area (Å²) < 4.78 is 0. The molecule has 2 heteroatoms. The molecule has 1 unspecified atom stereocenters. The molecule has 2 rings (SSSR count). The van der Waals surface area contributed by atoms with Gasteiger partial charge in [-0.05, 0) is 55.0 Å². The number of benzene rings is 2. The Bertz CT molecular complexity index is 563. The third kappa shape index (κ3) is 3.59. The standard InChI is InChI=1S/C17H19ClO/c1-12-5-3-4-6-14(12)9-10-17(19)15-8-7-13(2)16(18)11-15/h3-8,11,17,19H,9-10H2,1-2H3. The van der Waals surface area contributed by atoms with E-state index in [-0.39, 0.29) is 0 Å². The average molecular weight is 275 g/mol. The van der Waals surface area contributed by atoms with Gasteiger partial charge in [0.1, 0.15) is 0 Å². The highest BCUT2D eigenvalue weighted by Gasteiger charge is 2.09. The predicted octanol–water partition coefficient (Wildman–Crippen LogP) is 4.62. The second-order valence-electron chi connectivity index (χ2n) is 4.99. The van der Waals surface area contributed by atoms with Gasteiger partial charge < -0.3 is 5.11 Å². The first kappa shape index (κ1) is 14.1. The summed E-state index contributed by atoms with van der Waals surface area (Å²) in [4.78, 5) is 0. The monoisotopic (exact) mass is 274 g/mol. The number of rotatable bonds is 4. The molecule has 2 aromatic rings. The van der Waals surface area contributed by atoms with Crippen molar-refractivity contribution in [3.05, 3.63) is 69.7 Å². The highest BCUT2D eigenvalue weighted by atomic mass is 35.5. The molecule has 0 spiro atoms. The molecular formula is C17H19ClO. The topological polar surface area (TPSA) is 20.2 Å². The van der Waals surface area contributed by atoms with Gasteiger partial charge in [0.15, 0.2) is 0 Å². The summed E-state index contributed by atoms with van der Waals surface area (Å²) in [6, 6.07) is 14.1. The van der Waals surface area contributed by atoms with Crippen LogP contribution in [0, 0.1) is 13.8 Å². The zero-order chi connectivity index (χ0) is 13.8. The molecule has 1 atom stereocenters. The van der Waals surface area contributed by atoms with Gasteiger partial charge in [-0.15, -0.1) is 0 Å². The van der Waals surface area contributed by atoms with Gasteiger partial charge in [-0.2, -0.15) is 0 Å². The molecule has 19 heavy (non-hydrogen) atoms. The van der Waals surface area contributed by atoms with Gasteiger partial charge in [-0.25, -0.2) is 0 Å². The van der Waals surface area contributed by atoms with Crippen LogP contribution >= 0.6 is 11.6 Å². The summed E-state index contributed by atoms with van der Waals surface area (Å²) in [6.07, 6.45) is 1.13. The quantitative estimate of drug-likeness (QED) is 0.862. The number of aliphatic hydroxyl groups excluding tert-OH is 1. The molecule has 1 nitrogen and oxygen atoms in total. The van der Waals surface area contributed by atoms with E-state index < -0.39 is 6.10 Å². The Morgan fingerprint density at radius 1 is 1.05 bits per heavy atom. The molecule has 0 saturated carbocycles. The highest BCUT2D eigenvalue weighted by molar-refractivity contribution is 6.31. The smallest absolute Gasteiger partial charge is 0.0793 e. The van der Waals surface area contributed by atoms with Gasteiger partial charge in [0.2, 0.25) is 0 Å². The van der Waals surface area contributed by atoms with Crippen molar-refractivity contribution in [1.29, 1.82) is 0 Å².